The van der Waals surface area contributed by atoms with Crippen molar-refractivity contribution in [3.63, 3.8) is 0 Å². The van der Waals surface area contributed by atoms with Crippen molar-refractivity contribution in [2.24, 2.45) is 0 Å². The summed E-state index contributed by atoms with van der Waals surface area (Å²) in [5.74, 6) is -0.744. The molecule has 2 aromatic carbocycles. The fourth-order valence-corrected chi connectivity index (χ4v) is 3.07. The largest absolute Gasteiger partial charge is 0.573 e. The number of ketones is 1. The first-order valence-electron chi connectivity index (χ1n) is 8.96. The zero-order valence-corrected chi connectivity index (χ0v) is 15.5. The zero-order valence-electron chi connectivity index (χ0n) is 15.5. The molecule has 6 nitrogen and oxygen atoms in total. The number of halogens is 3. The molecule has 0 bridgehead atoms. The third-order valence-electron chi connectivity index (χ3n) is 4.51. The second-order valence-corrected chi connectivity index (χ2v) is 6.53. The summed E-state index contributed by atoms with van der Waals surface area (Å²) in [6.07, 6.45) is -4.03. The molecule has 1 atom stereocenters. The maximum atomic E-state index is 12.5. The molecule has 29 heavy (non-hydrogen) atoms. The van der Waals surface area contributed by atoms with Crippen LogP contribution in [0.2, 0.25) is 0 Å². The number of carbonyl (C=O) groups excluding carboxylic acids is 1. The minimum atomic E-state index is -4.75. The number of carbonyl (C=O) groups is 1. The number of hydrogen-bond acceptors (Lipinski definition) is 5. The summed E-state index contributed by atoms with van der Waals surface area (Å²) in [6, 6.07) is 12.2. The summed E-state index contributed by atoms with van der Waals surface area (Å²) in [6.45, 7) is 1.66. The lowest BCUT2D eigenvalue weighted by molar-refractivity contribution is -0.274. The number of alkyl halides is 3. The molecule has 0 saturated heterocycles. The highest BCUT2D eigenvalue weighted by Crippen LogP contribution is 2.28. The van der Waals surface area contributed by atoms with Crippen molar-refractivity contribution in [3.05, 3.63) is 64.4 Å². The monoisotopic (exact) mass is 405 g/mol. The van der Waals surface area contributed by atoms with Crippen molar-refractivity contribution in [1.82, 2.24) is 15.0 Å². The number of rotatable bonds is 7. The van der Waals surface area contributed by atoms with Gasteiger partial charge in [-0.25, -0.2) is 4.68 Å². The fourth-order valence-electron chi connectivity index (χ4n) is 3.07. The van der Waals surface area contributed by atoms with E-state index in [9.17, 15) is 22.8 Å². The standard InChI is InChI=1S/C20H18F3N3O3/c1-2-13(14-7-9-16(10-8-14)29-20(21,22)23)11-15(27)12-26-19(28)17-5-3-4-6-18(17)24-25-26/h3-10,13H,2,11-12H2,1H3/t13-/m1/s1. The van der Waals surface area contributed by atoms with E-state index in [1.165, 1.54) is 24.3 Å². The van der Waals surface area contributed by atoms with Crippen LogP contribution in [-0.4, -0.2) is 27.1 Å². The van der Waals surface area contributed by atoms with Gasteiger partial charge in [-0.3, -0.25) is 9.59 Å². The minimum Gasteiger partial charge on any atom is -0.406 e. The predicted molar refractivity (Wildman–Crippen MR) is 99.6 cm³/mol. The average molecular weight is 405 g/mol. The lowest BCUT2D eigenvalue weighted by atomic mass is 9.91. The number of fused-ring (bicyclic) bond motifs is 1. The summed E-state index contributed by atoms with van der Waals surface area (Å²) < 4.78 is 41.7. The van der Waals surface area contributed by atoms with Crippen LogP contribution in [0, 0.1) is 0 Å². The van der Waals surface area contributed by atoms with Crippen molar-refractivity contribution in [2.45, 2.75) is 38.6 Å². The van der Waals surface area contributed by atoms with Crippen LogP contribution in [0.4, 0.5) is 13.2 Å². The van der Waals surface area contributed by atoms with E-state index in [2.05, 4.69) is 15.0 Å². The van der Waals surface area contributed by atoms with E-state index in [4.69, 9.17) is 0 Å². The van der Waals surface area contributed by atoms with Gasteiger partial charge in [0.05, 0.1) is 5.39 Å². The summed E-state index contributed by atoms with van der Waals surface area (Å²) in [4.78, 5) is 24.9. The van der Waals surface area contributed by atoms with E-state index in [0.29, 0.717) is 22.9 Å². The number of hydrogen-bond donors (Lipinski definition) is 0. The quantitative estimate of drug-likeness (QED) is 0.597. The topological polar surface area (TPSA) is 74.1 Å². The Kier molecular flexibility index (Phi) is 5.95. The second kappa shape index (κ2) is 8.42. The Bertz CT molecular complexity index is 1060. The maximum Gasteiger partial charge on any atom is 0.573 e. The van der Waals surface area contributed by atoms with Crippen molar-refractivity contribution in [3.8, 4) is 5.75 Å². The Labute approximate surface area is 163 Å². The van der Waals surface area contributed by atoms with Gasteiger partial charge in [-0.2, -0.15) is 0 Å². The second-order valence-electron chi connectivity index (χ2n) is 6.53. The Hall–Kier alpha value is -3.23. The summed E-state index contributed by atoms with van der Waals surface area (Å²) in [5.41, 5.74) is 0.770. The van der Waals surface area contributed by atoms with Gasteiger partial charge in [-0.05, 0) is 42.2 Å². The maximum absolute atomic E-state index is 12.5. The summed E-state index contributed by atoms with van der Waals surface area (Å²) in [7, 11) is 0. The van der Waals surface area contributed by atoms with Gasteiger partial charge in [0.1, 0.15) is 17.8 Å². The van der Waals surface area contributed by atoms with Gasteiger partial charge in [0, 0.05) is 6.42 Å². The third kappa shape index (κ3) is 5.18. The molecule has 9 heteroatoms. The molecule has 3 aromatic rings. The van der Waals surface area contributed by atoms with E-state index in [-0.39, 0.29) is 30.4 Å². The number of nitrogens with zero attached hydrogens (tertiary/aromatic N) is 3. The minimum absolute atomic E-state index is 0.122. The van der Waals surface area contributed by atoms with Crippen LogP contribution in [0.25, 0.3) is 10.9 Å². The van der Waals surface area contributed by atoms with E-state index >= 15 is 0 Å². The molecule has 1 aromatic heterocycles. The molecule has 1 heterocycles. The molecule has 0 aliphatic heterocycles. The molecule has 0 fully saturated rings. The number of aromatic nitrogens is 3. The molecule has 0 aliphatic carbocycles. The molecule has 0 N–H and O–H groups in total. The molecule has 152 valence electrons. The molecular formula is C20H18F3N3O3. The van der Waals surface area contributed by atoms with Crippen LogP contribution >= 0.6 is 0 Å². The van der Waals surface area contributed by atoms with Crippen LogP contribution in [-0.2, 0) is 11.3 Å². The van der Waals surface area contributed by atoms with E-state index < -0.39 is 11.9 Å². The highest BCUT2D eigenvalue weighted by Gasteiger charge is 2.31. The smallest absolute Gasteiger partial charge is 0.406 e. The van der Waals surface area contributed by atoms with Gasteiger partial charge in [0.15, 0.2) is 5.78 Å². The Morgan fingerprint density at radius 1 is 1.14 bits per heavy atom. The van der Waals surface area contributed by atoms with Crippen LogP contribution in [0.1, 0.15) is 31.2 Å². The zero-order chi connectivity index (χ0) is 21.0. The highest BCUT2D eigenvalue weighted by atomic mass is 19.4. The lowest BCUT2D eigenvalue weighted by Gasteiger charge is -2.16. The van der Waals surface area contributed by atoms with Gasteiger partial charge in [-0.15, -0.1) is 18.3 Å². The molecule has 0 amide bonds. The first kappa shape index (κ1) is 20.5. The van der Waals surface area contributed by atoms with Gasteiger partial charge in [-0.1, -0.05) is 36.4 Å². The van der Waals surface area contributed by atoms with Crippen LogP contribution in [0.5, 0.6) is 5.75 Å². The average Bonchev–Trinajstić information content (AvgIpc) is 2.68. The van der Waals surface area contributed by atoms with Crippen molar-refractivity contribution in [1.29, 1.82) is 0 Å². The SMILES string of the molecule is CC[C@H](CC(=O)Cn1nnc2ccccc2c1=O)c1ccc(OC(F)(F)F)cc1. The molecular weight excluding hydrogens is 387 g/mol. The van der Waals surface area contributed by atoms with Gasteiger partial charge >= 0.3 is 6.36 Å². The molecule has 0 unspecified atom stereocenters. The van der Waals surface area contributed by atoms with Gasteiger partial charge in [0.2, 0.25) is 0 Å². The normalized spacial score (nSPS) is 12.7. The third-order valence-corrected chi connectivity index (χ3v) is 4.51. The number of Topliss-reactive ketones (excluding diaryl/α,β-unsaturated/α-hetero) is 1. The molecule has 0 radical (unpaired) electrons. The van der Waals surface area contributed by atoms with Crippen LogP contribution < -0.4 is 10.3 Å². The van der Waals surface area contributed by atoms with Crippen molar-refractivity contribution >= 4 is 16.7 Å². The Morgan fingerprint density at radius 2 is 1.83 bits per heavy atom. The lowest BCUT2D eigenvalue weighted by Crippen LogP contribution is -2.28. The first-order valence-corrected chi connectivity index (χ1v) is 8.96. The predicted octanol–water partition coefficient (Wildman–Crippen LogP) is 3.84. The van der Waals surface area contributed by atoms with Crippen molar-refractivity contribution in [2.75, 3.05) is 0 Å². The van der Waals surface area contributed by atoms with E-state index in [1.807, 2.05) is 6.92 Å². The van der Waals surface area contributed by atoms with Gasteiger partial charge in [0.25, 0.3) is 5.56 Å². The van der Waals surface area contributed by atoms with Crippen molar-refractivity contribution < 1.29 is 22.7 Å². The number of benzene rings is 2. The fraction of sp³-hybridized carbons (Fsp3) is 0.300. The Morgan fingerprint density at radius 3 is 2.48 bits per heavy atom. The molecule has 0 aliphatic rings. The van der Waals surface area contributed by atoms with Gasteiger partial charge < -0.3 is 4.74 Å². The highest BCUT2D eigenvalue weighted by molar-refractivity contribution is 5.80. The summed E-state index contributed by atoms with van der Waals surface area (Å²) >= 11 is 0. The molecule has 0 spiro atoms. The first-order chi connectivity index (χ1) is 13.8. The van der Waals surface area contributed by atoms with E-state index in [0.717, 1.165) is 4.68 Å². The molecule has 0 saturated carbocycles. The van der Waals surface area contributed by atoms with Crippen LogP contribution in [0.15, 0.2) is 53.3 Å². The van der Waals surface area contributed by atoms with E-state index in [1.54, 1.807) is 24.3 Å². The summed E-state index contributed by atoms with van der Waals surface area (Å²) in [5, 5.41) is 8.13. The number of ether oxygens (including phenoxy) is 1. The van der Waals surface area contributed by atoms with Crippen LogP contribution in [0.3, 0.4) is 0 Å². The Balaban J connectivity index is 1.70. The molecule has 3 rings (SSSR count).